The Morgan fingerprint density at radius 3 is 2.50 bits per heavy atom. The number of hydrogen-bond donors (Lipinski definition) is 1. The first-order valence-electron chi connectivity index (χ1n) is 6.10. The van der Waals surface area contributed by atoms with E-state index in [1.54, 1.807) is 30.3 Å². The van der Waals surface area contributed by atoms with Gasteiger partial charge in [0.05, 0.1) is 11.0 Å². The summed E-state index contributed by atoms with van der Waals surface area (Å²) < 4.78 is 26.5. The first-order chi connectivity index (χ1) is 8.34. The van der Waals surface area contributed by atoms with Crippen molar-refractivity contribution < 1.29 is 13.5 Å². The van der Waals surface area contributed by atoms with E-state index in [9.17, 15) is 13.5 Å². The lowest BCUT2D eigenvalue weighted by Crippen LogP contribution is -2.54. The Hall–Kier alpha value is -0.910. The number of rotatable bonds is 2. The smallest absolute Gasteiger partial charge is 0.243 e. The molecule has 18 heavy (non-hydrogen) atoms. The minimum Gasteiger partial charge on any atom is -0.392 e. The second kappa shape index (κ2) is 4.64. The van der Waals surface area contributed by atoms with E-state index in [0.29, 0.717) is 12.8 Å². The largest absolute Gasteiger partial charge is 0.392 e. The Morgan fingerprint density at radius 2 is 1.89 bits per heavy atom. The van der Waals surface area contributed by atoms with Gasteiger partial charge in [0.15, 0.2) is 0 Å². The summed E-state index contributed by atoms with van der Waals surface area (Å²) in [4.78, 5) is 0.284. The monoisotopic (exact) mass is 269 g/mol. The van der Waals surface area contributed by atoms with E-state index in [1.165, 1.54) is 4.31 Å². The molecule has 0 amide bonds. The molecule has 100 valence electrons. The van der Waals surface area contributed by atoms with E-state index in [2.05, 4.69) is 0 Å². The minimum atomic E-state index is -3.53. The van der Waals surface area contributed by atoms with Gasteiger partial charge >= 0.3 is 0 Å². The molecule has 1 N–H and O–H groups in total. The zero-order chi connectivity index (χ0) is 13.4. The van der Waals surface area contributed by atoms with Gasteiger partial charge in [0.25, 0.3) is 0 Å². The lowest BCUT2D eigenvalue weighted by molar-refractivity contribution is 0.0480. The van der Waals surface area contributed by atoms with Crippen molar-refractivity contribution >= 4 is 10.0 Å². The number of benzene rings is 1. The second-order valence-corrected chi connectivity index (χ2v) is 7.22. The Balaban J connectivity index is 2.40. The third-order valence-corrected chi connectivity index (χ3v) is 5.56. The predicted molar refractivity (Wildman–Crippen MR) is 69.7 cm³/mol. The average Bonchev–Trinajstić information content (AvgIpc) is 2.33. The third kappa shape index (κ3) is 2.43. The van der Waals surface area contributed by atoms with Crippen LogP contribution in [0.2, 0.25) is 0 Å². The highest BCUT2D eigenvalue weighted by molar-refractivity contribution is 7.89. The van der Waals surface area contributed by atoms with Crippen molar-refractivity contribution in [3.8, 4) is 0 Å². The summed E-state index contributed by atoms with van der Waals surface area (Å²) >= 11 is 0. The minimum absolute atomic E-state index is 0.171. The van der Waals surface area contributed by atoms with Crippen LogP contribution in [0.15, 0.2) is 35.2 Å². The Morgan fingerprint density at radius 1 is 1.28 bits per heavy atom. The summed E-state index contributed by atoms with van der Waals surface area (Å²) in [6.45, 7) is 3.98. The van der Waals surface area contributed by atoms with E-state index in [4.69, 9.17) is 0 Å². The first-order valence-corrected chi connectivity index (χ1v) is 7.54. The van der Waals surface area contributed by atoms with Crippen LogP contribution in [0.1, 0.15) is 26.7 Å². The van der Waals surface area contributed by atoms with E-state index in [1.807, 2.05) is 13.8 Å². The highest BCUT2D eigenvalue weighted by Gasteiger charge is 2.41. The normalized spacial score (nSPS) is 24.9. The molecule has 1 atom stereocenters. The molecule has 1 unspecified atom stereocenters. The standard InChI is InChI=1S/C13H19NO3S/c1-13(2)9-8-11(15)10-14(13)18(16,17)12-6-4-3-5-7-12/h3-7,11,15H,8-10H2,1-2H3. The number of sulfonamides is 1. The molecule has 0 spiro atoms. The number of hydrogen-bond acceptors (Lipinski definition) is 3. The highest BCUT2D eigenvalue weighted by Crippen LogP contribution is 2.32. The fraction of sp³-hybridized carbons (Fsp3) is 0.538. The van der Waals surface area contributed by atoms with E-state index in [0.717, 1.165) is 0 Å². The number of piperidine rings is 1. The second-order valence-electron chi connectivity index (χ2n) is 5.35. The van der Waals surface area contributed by atoms with Gasteiger partial charge in [-0.2, -0.15) is 4.31 Å². The van der Waals surface area contributed by atoms with E-state index < -0.39 is 21.7 Å². The molecule has 5 heteroatoms. The van der Waals surface area contributed by atoms with Crippen LogP contribution in [0.25, 0.3) is 0 Å². The van der Waals surface area contributed by atoms with Crippen LogP contribution in [0.3, 0.4) is 0 Å². The van der Waals surface area contributed by atoms with Gasteiger partial charge in [-0.25, -0.2) is 8.42 Å². The molecule has 1 aromatic rings. The summed E-state index contributed by atoms with van der Waals surface area (Å²) in [5, 5.41) is 9.72. The molecule has 2 rings (SSSR count). The lowest BCUT2D eigenvalue weighted by Gasteiger charge is -2.42. The van der Waals surface area contributed by atoms with Gasteiger partial charge in [0.2, 0.25) is 10.0 Å². The molecular formula is C13H19NO3S. The maximum Gasteiger partial charge on any atom is 0.243 e. The number of aliphatic hydroxyl groups is 1. The Labute approximate surface area is 108 Å². The van der Waals surface area contributed by atoms with Crippen molar-refractivity contribution in [3.63, 3.8) is 0 Å². The average molecular weight is 269 g/mol. The zero-order valence-corrected chi connectivity index (χ0v) is 11.5. The molecule has 0 aromatic heterocycles. The quantitative estimate of drug-likeness (QED) is 0.887. The van der Waals surface area contributed by atoms with Gasteiger partial charge in [-0.15, -0.1) is 0 Å². The van der Waals surface area contributed by atoms with Crippen molar-refractivity contribution in [2.45, 2.75) is 43.2 Å². The van der Waals surface area contributed by atoms with Crippen LogP contribution >= 0.6 is 0 Å². The third-order valence-electron chi connectivity index (χ3n) is 3.47. The molecule has 0 saturated carbocycles. The van der Waals surface area contributed by atoms with Crippen molar-refractivity contribution in [3.05, 3.63) is 30.3 Å². The van der Waals surface area contributed by atoms with E-state index >= 15 is 0 Å². The lowest BCUT2D eigenvalue weighted by atomic mass is 9.92. The summed E-state index contributed by atoms with van der Waals surface area (Å²) in [6.07, 6.45) is 0.741. The predicted octanol–water partition coefficient (Wildman–Crippen LogP) is 1.61. The van der Waals surface area contributed by atoms with Crippen LogP contribution in [0, 0.1) is 0 Å². The first kappa shape index (κ1) is 13.5. The molecule has 1 saturated heterocycles. The molecule has 0 bridgehead atoms. The van der Waals surface area contributed by atoms with Crippen molar-refractivity contribution in [2.24, 2.45) is 0 Å². The summed E-state index contributed by atoms with van der Waals surface area (Å²) in [7, 11) is -3.53. The molecule has 0 aliphatic carbocycles. The van der Waals surface area contributed by atoms with Gasteiger partial charge in [0, 0.05) is 12.1 Å². The van der Waals surface area contributed by atoms with Crippen LogP contribution in [0.5, 0.6) is 0 Å². The van der Waals surface area contributed by atoms with Gasteiger partial charge in [0.1, 0.15) is 0 Å². The Bertz CT molecular complexity index is 510. The molecule has 1 fully saturated rings. The molecule has 0 radical (unpaired) electrons. The number of β-amino-alcohol motifs (C(OH)–C–C–N with tert-alkyl or cyclic N) is 1. The molecule has 1 heterocycles. The Kier molecular flexibility index (Phi) is 3.49. The summed E-state index contributed by atoms with van der Waals surface area (Å²) in [5.74, 6) is 0. The fourth-order valence-corrected chi connectivity index (χ4v) is 4.18. The fourth-order valence-electron chi connectivity index (χ4n) is 2.32. The van der Waals surface area contributed by atoms with Gasteiger partial charge in [-0.3, -0.25) is 0 Å². The number of aliphatic hydroxyl groups excluding tert-OH is 1. The van der Waals surface area contributed by atoms with Crippen molar-refractivity contribution in [2.75, 3.05) is 6.54 Å². The number of nitrogens with zero attached hydrogens (tertiary/aromatic N) is 1. The van der Waals surface area contributed by atoms with E-state index in [-0.39, 0.29) is 11.4 Å². The van der Waals surface area contributed by atoms with Crippen molar-refractivity contribution in [1.82, 2.24) is 4.31 Å². The SMILES string of the molecule is CC1(C)CCC(O)CN1S(=O)(=O)c1ccccc1. The topological polar surface area (TPSA) is 57.6 Å². The molecule has 4 nitrogen and oxygen atoms in total. The molecule has 1 aliphatic heterocycles. The molecule has 1 aliphatic rings. The van der Waals surface area contributed by atoms with Crippen LogP contribution in [-0.4, -0.2) is 36.0 Å². The summed E-state index contributed by atoms with van der Waals surface area (Å²) in [5.41, 5.74) is -0.450. The van der Waals surface area contributed by atoms with Gasteiger partial charge in [-0.1, -0.05) is 18.2 Å². The van der Waals surface area contributed by atoms with Gasteiger partial charge in [-0.05, 0) is 38.8 Å². The highest BCUT2D eigenvalue weighted by atomic mass is 32.2. The molecule has 1 aromatic carbocycles. The van der Waals surface area contributed by atoms with Crippen LogP contribution < -0.4 is 0 Å². The summed E-state index contributed by atoms with van der Waals surface area (Å²) in [6, 6.07) is 8.38. The van der Waals surface area contributed by atoms with Gasteiger partial charge < -0.3 is 5.11 Å². The maximum atomic E-state index is 12.6. The maximum absolute atomic E-state index is 12.6. The van der Waals surface area contributed by atoms with Crippen LogP contribution in [0.4, 0.5) is 0 Å². The van der Waals surface area contributed by atoms with Crippen molar-refractivity contribution in [1.29, 1.82) is 0 Å². The molecular weight excluding hydrogens is 250 g/mol. The zero-order valence-electron chi connectivity index (χ0n) is 10.7. The van der Waals surface area contributed by atoms with Crippen LogP contribution in [-0.2, 0) is 10.0 Å².